The van der Waals surface area contributed by atoms with Crippen molar-refractivity contribution in [2.24, 2.45) is 0 Å². The Hall–Kier alpha value is -2.41. The van der Waals surface area contributed by atoms with Gasteiger partial charge in [-0.3, -0.25) is 14.5 Å². The third-order valence-corrected chi connectivity index (χ3v) is 5.10. The second-order valence-corrected chi connectivity index (χ2v) is 6.61. The number of carbonyl (C=O) groups is 3. The van der Waals surface area contributed by atoms with E-state index in [4.69, 9.17) is 4.74 Å². The van der Waals surface area contributed by atoms with Crippen LogP contribution in [-0.2, 0) is 23.9 Å². The monoisotopic (exact) mass is 392 g/mol. The summed E-state index contributed by atoms with van der Waals surface area (Å²) in [4.78, 5) is 40.7. The largest absolute Gasteiger partial charge is 0.469 e. The molecular weight excluding hydrogens is 360 g/mol. The van der Waals surface area contributed by atoms with Crippen LogP contribution in [0.25, 0.3) is 0 Å². The first kappa shape index (κ1) is 23.6. The van der Waals surface area contributed by atoms with E-state index in [9.17, 15) is 14.4 Å². The molecule has 0 aliphatic carbocycles. The van der Waals surface area contributed by atoms with E-state index in [1.54, 1.807) is 11.8 Å². The lowest BCUT2D eigenvalue weighted by atomic mass is 9.84. The van der Waals surface area contributed by atoms with Crippen molar-refractivity contribution < 1.29 is 23.9 Å². The van der Waals surface area contributed by atoms with Crippen molar-refractivity contribution in [1.82, 2.24) is 4.90 Å². The first-order valence-electron chi connectivity index (χ1n) is 9.24. The number of methoxy groups -OCH3 is 2. The van der Waals surface area contributed by atoms with E-state index in [1.165, 1.54) is 14.2 Å². The molecule has 2 rings (SSSR count). The zero-order valence-corrected chi connectivity index (χ0v) is 16.3. The summed E-state index contributed by atoms with van der Waals surface area (Å²) in [5.41, 5.74) is -0.344. The normalized spacial score (nSPS) is 15.8. The Balaban J connectivity index is 0.00000392. The van der Waals surface area contributed by atoms with Crippen molar-refractivity contribution in [3.05, 3.63) is 30.3 Å². The van der Waals surface area contributed by atoms with Gasteiger partial charge in [0.25, 0.3) is 0 Å². The molecule has 0 saturated carbocycles. The summed E-state index contributed by atoms with van der Waals surface area (Å²) in [5.74, 6) is -0.776. The molecule has 1 aromatic carbocycles. The fourth-order valence-corrected chi connectivity index (χ4v) is 3.57. The van der Waals surface area contributed by atoms with Crippen LogP contribution in [0.2, 0.25) is 0 Å². The van der Waals surface area contributed by atoms with Gasteiger partial charge in [0.1, 0.15) is 5.54 Å². The fraction of sp³-hybridized carbons (Fsp3) is 0.571. The lowest BCUT2D eigenvalue weighted by Crippen LogP contribution is -2.62. The highest BCUT2D eigenvalue weighted by Gasteiger charge is 2.49. The number of likely N-dealkylation sites (tertiary alicyclic amines) is 1. The number of ether oxygens (including phenoxy) is 2. The number of rotatable bonds is 7. The van der Waals surface area contributed by atoms with Gasteiger partial charge < -0.3 is 14.4 Å². The second kappa shape index (κ2) is 10.8. The van der Waals surface area contributed by atoms with Gasteiger partial charge in [-0.25, -0.2) is 4.79 Å². The van der Waals surface area contributed by atoms with Crippen LogP contribution in [0.5, 0.6) is 0 Å². The highest BCUT2D eigenvalue weighted by Crippen LogP contribution is 2.35. The summed E-state index contributed by atoms with van der Waals surface area (Å²) in [7, 11) is 2.72. The summed E-state index contributed by atoms with van der Waals surface area (Å²) in [6.07, 6.45) is 1.49. The number of hydrogen-bond acceptors (Lipinski definition) is 6. The van der Waals surface area contributed by atoms with Gasteiger partial charge >= 0.3 is 11.9 Å². The van der Waals surface area contributed by atoms with Gasteiger partial charge in [-0.05, 0) is 25.0 Å². The first-order valence-corrected chi connectivity index (χ1v) is 9.24. The maximum Gasteiger partial charge on any atom is 0.332 e. The Kier molecular flexibility index (Phi) is 9.12. The van der Waals surface area contributed by atoms with E-state index in [1.807, 2.05) is 30.3 Å². The predicted molar refractivity (Wildman–Crippen MR) is 108 cm³/mol. The molecule has 1 aliphatic heterocycles. The minimum Gasteiger partial charge on any atom is -0.469 e. The van der Waals surface area contributed by atoms with Crippen molar-refractivity contribution in [1.29, 1.82) is 0 Å². The van der Waals surface area contributed by atoms with Gasteiger partial charge in [0.2, 0.25) is 5.91 Å². The zero-order valence-electron chi connectivity index (χ0n) is 16.3. The molecule has 1 fully saturated rings. The third kappa shape index (κ3) is 5.10. The molecule has 1 aliphatic rings. The van der Waals surface area contributed by atoms with Gasteiger partial charge in [-0.2, -0.15) is 0 Å². The first-order chi connectivity index (χ1) is 13.0. The molecule has 0 spiro atoms. The van der Waals surface area contributed by atoms with E-state index >= 15 is 0 Å². The summed E-state index contributed by atoms with van der Waals surface area (Å²) in [5, 5.41) is 0. The molecule has 1 heterocycles. The van der Waals surface area contributed by atoms with Crippen molar-refractivity contribution in [3.8, 4) is 0 Å². The molecule has 156 valence electrons. The highest BCUT2D eigenvalue weighted by molar-refractivity contribution is 6.02. The number of para-hydroxylation sites is 1. The van der Waals surface area contributed by atoms with Gasteiger partial charge in [-0.15, -0.1) is 0 Å². The maximum absolute atomic E-state index is 12.8. The number of amides is 1. The topological polar surface area (TPSA) is 76.2 Å². The Morgan fingerprint density at radius 2 is 1.68 bits per heavy atom. The molecule has 0 bridgehead atoms. The molecule has 0 unspecified atom stereocenters. The van der Waals surface area contributed by atoms with Gasteiger partial charge in [0.05, 0.1) is 20.6 Å². The van der Waals surface area contributed by atoms with Crippen LogP contribution in [0, 0.1) is 0 Å². The van der Waals surface area contributed by atoms with E-state index in [0.29, 0.717) is 51.0 Å². The SMILES string of the molecule is C.CCC(=O)N(c1ccccc1)C1(C(=O)OC)CCN(CCC(=O)OC)CC1. The molecule has 7 heteroatoms. The van der Waals surface area contributed by atoms with Crippen molar-refractivity contribution in [2.75, 3.05) is 38.8 Å². The van der Waals surface area contributed by atoms with Crippen LogP contribution in [0.15, 0.2) is 30.3 Å². The number of hydrogen-bond donors (Lipinski definition) is 0. The Labute approximate surface area is 167 Å². The van der Waals surface area contributed by atoms with Crippen LogP contribution < -0.4 is 4.90 Å². The molecule has 0 N–H and O–H groups in total. The van der Waals surface area contributed by atoms with Crippen molar-refractivity contribution in [3.63, 3.8) is 0 Å². The molecule has 1 amide bonds. The number of esters is 2. The van der Waals surface area contributed by atoms with Crippen LogP contribution in [-0.4, -0.2) is 62.1 Å². The minimum atomic E-state index is -1.04. The zero-order chi connectivity index (χ0) is 19.9. The van der Waals surface area contributed by atoms with Crippen molar-refractivity contribution in [2.45, 2.75) is 45.6 Å². The number of anilines is 1. The van der Waals surface area contributed by atoms with E-state index in [0.717, 1.165) is 0 Å². The van der Waals surface area contributed by atoms with Crippen molar-refractivity contribution >= 4 is 23.5 Å². The van der Waals surface area contributed by atoms with Gasteiger partial charge in [-0.1, -0.05) is 32.5 Å². The molecule has 0 aromatic heterocycles. The number of piperidine rings is 1. The average molecular weight is 392 g/mol. The quantitative estimate of drug-likeness (QED) is 0.664. The molecule has 28 heavy (non-hydrogen) atoms. The summed E-state index contributed by atoms with van der Waals surface area (Å²) < 4.78 is 9.80. The fourth-order valence-electron chi connectivity index (χ4n) is 3.57. The van der Waals surface area contributed by atoms with Crippen LogP contribution in [0.4, 0.5) is 5.69 Å². The third-order valence-electron chi connectivity index (χ3n) is 5.10. The standard InChI is InChI=1S/C20H28N2O5.CH4/c1-4-17(23)22(16-8-6-5-7-9-16)20(19(25)27-3)11-14-21(15-12-20)13-10-18(24)26-2;/h5-9H,4,10-15H2,1-3H3;1H4. The number of nitrogens with zero attached hydrogens (tertiary/aromatic N) is 2. The summed E-state index contributed by atoms with van der Waals surface area (Å²) >= 11 is 0. The summed E-state index contributed by atoms with van der Waals surface area (Å²) in [6, 6.07) is 9.24. The Bertz CT molecular complexity index is 654. The van der Waals surface area contributed by atoms with Crippen LogP contribution in [0.1, 0.15) is 40.0 Å². The van der Waals surface area contributed by atoms with Crippen LogP contribution >= 0.6 is 0 Å². The molecule has 7 nitrogen and oxygen atoms in total. The molecule has 0 atom stereocenters. The van der Waals surface area contributed by atoms with Gasteiger partial charge in [0, 0.05) is 31.7 Å². The van der Waals surface area contributed by atoms with Gasteiger partial charge in [0.15, 0.2) is 0 Å². The Morgan fingerprint density at radius 3 is 2.18 bits per heavy atom. The van der Waals surface area contributed by atoms with E-state index < -0.39 is 11.5 Å². The second-order valence-electron chi connectivity index (χ2n) is 6.61. The summed E-state index contributed by atoms with van der Waals surface area (Å²) in [6.45, 7) is 3.53. The Morgan fingerprint density at radius 1 is 1.07 bits per heavy atom. The van der Waals surface area contributed by atoms with Crippen LogP contribution in [0.3, 0.4) is 0 Å². The lowest BCUT2D eigenvalue weighted by molar-refractivity contribution is -0.151. The molecule has 1 aromatic rings. The molecular formula is C21H32N2O5. The number of carbonyl (C=O) groups excluding carboxylic acids is 3. The number of benzene rings is 1. The lowest BCUT2D eigenvalue weighted by Gasteiger charge is -2.46. The average Bonchev–Trinajstić information content (AvgIpc) is 2.72. The highest BCUT2D eigenvalue weighted by atomic mass is 16.5. The van der Waals surface area contributed by atoms with E-state index in [2.05, 4.69) is 9.64 Å². The van der Waals surface area contributed by atoms with E-state index in [-0.39, 0.29) is 19.3 Å². The smallest absolute Gasteiger partial charge is 0.332 e. The molecule has 1 saturated heterocycles. The molecule has 0 radical (unpaired) electrons. The minimum absolute atomic E-state index is 0. The maximum atomic E-state index is 12.8. The predicted octanol–water partition coefficient (Wildman–Crippen LogP) is 2.64.